The molecule has 0 aromatic heterocycles. The Morgan fingerprint density at radius 2 is 1.63 bits per heavy atom. The Hall–Kier alpha value is -2.81. The molecule has 2 fully saturated rings. The molecule has 8 heteroatoms. The van der Waals surface area contributed by atoms with Crippen LogP contribution in [0.3, 0.4) is 0 Å². The summed E-state index contributed by atoms with van der Waals surface area (Å²) in [5, 5.41) is 5.54. The third-order valence-electron chi connectivity index (χ3n) is 5.35. The maximum absolute atomic E-state index is 13.1. The van der Waals surface area contributed by atoms with Crippen LogP contribution in [0.2, 0.25) is 0 Å². The van der Waals surface area contributed by atoms with Gasteiger partial charge in [0, 0.05) is 31.6 Å². The van der Waals surface area contributed by atoms with E-state index in [4.69, 9.17) is 9.47 Å². The van der Waals surface area contributed by atoms with Gasteiger partial charge in [0.1, 0.15) is 5.82 Å². The van der Waals surface area contributed by atoms with Gasteiger partial charge in [0.15, 0.2) is 5.79 Å². The van der Waals surface area contributed by atoms with E-state index in [9.17, 15) is 14.0 Å². The van der Waals surface area contributed by atoms with Crippen molar-refractivity contribution in [1.82, 2.24) is 4.90 Å². The molecule has 1 spiro atoms. The highest BCUT2D eigenvalue weighted by Crippen LogP contribution is 2.31. The van der Waals surface area contributed by atoms with Gasteiger partial charge in [-0.3, -0.25) is 14.5 Å². The number of anilines is 2. The van der Waals surface area contributed by atoms with E-state index in [-0.39, 0.29) is 24.2 Å². The molecule has 0 radical (unpaired) electrons. The Morgan fingerprint density at radius 3 is 2.33 bits per heavy atom. The number of rotatable bonds is 5. The van der Waals surface area contributed by atoms with Gasteiger partial charge in [0.25, 0.3) is 5.91 Å². The van der Waals surface area contributed by atoms with Gasteiger partial charge in [0.05, 0.1) is 31.0 Å². The molecular weight excluding hydrogens is 389 g/mol. The maximum atomic E-state index is 13.1. The van der Waals surface area contributed by atoms with Crippen molar-refractivity contribution in [3.8, 4) is 0 Å². The second kappa shape index (κ2) is 8.91. The third-order valence-corrected chi connectivity index (χ3v) is 5.35. The molecule has 2 N–H and O–H groups in total. The van der Waals surface area contributed by atoms with Crippen LogP contribution in [0.5, 0.6) is 0 Å². The Kier molecular flexibility index (Phi) is 6.08. The number of ether oxygens (including phenoxy) is 2. The molecule has 158 valence electrons. The fraction of sp³-hybridized carbons (Fsp3) is 0.364. The number of benzene rings is 2. The summed E-state index contributed by atoms with van der Waals surface area (Å²) in [6.07, 6.45) is 1.47. The number of para-hydroxylation sites is 1. The van der Waals surface area contributed by atoms with Crippen molar-refractivity contribution in [2.24, 2.45) is 0 Å². The molecule has 2 aromatic carbocycles. The van der Waals surface area contributed by atoms with Crippen molar-refractivity contribution in [3.05, 3.63) is 59.9 Å². The van der Waals surface area contributed by atoms with Gasteiger partial charge >= 0.3 is 0 Å². The third kappa shape index (κ3) is 4.84. The van der Waals surface area contributed by atoms with Crippen molar-refractivity contribution < 1.29 is 23.5 Å². The summed E-state index contributed by atoms with van der Waals surface area (Å²) in [5.41, 5.74) is 1.24. The first-order valence-electron chi connectivity index (χ1n) is 9.99. The molecule has 7 nitrogen and oxygen atoms in total. The van der Waals surface area contributed by atoms with Gasteiger partial charge < -0.3 is 20.1 Å². The Labute approximate surface area is 174 Å². The van der Waals surface area contributed by atoms with E-state index >= 15 is 0 Å². The molecule has 30 heavy (non-hydrogen) atoms. The molecule has 2 aromatic rings. The average Bonchev–Trinajstić information content (AvgIpc) is 3.20. The predicted octanol–water partition coefficient (Wildman–Crippen LogP) is 2.86. The van der Waals surface area contributed by atoms with Crippen molar-refractivity contribution in [1.29, 1.82) is 0 Å². The lowest BCUT2D eigenvalue weighted by molar-refractivity contribution is -0.185. The normalized spacial score (nSPS) is 18.3. The summed E-state index contributed by atoms with van der Waals surface area (Å²) < 4.78 is 24.5. The van der Waals surface area contributed by atoms with E-state index in [1.807, 2.05) is 4.90 Å². The van der Waals surface area contributed by atoms with Crippen LogP contribution in [0.15, 0.2) is 48.5 Å². The first-order chi connectivity index (χ1) is 14.5. The summed E-state index contributed by atoms with van der Waals surface area (Å²) in [4.78, 5) is 27.3. The topological polar surface area (TPSA) is 79.9 Å². The number of carbonyl (C=O) groups is 2. The van der Waals surface area contributed by atoms with E-state index in [0.717, 1.165) is 12.8 Å². The number of halogens is 1. The van der Waals surface area contributed by atoms with E-state index in [1.54, 1.807) is 24.3 Å². The standard InChI is InChI=1S/C22H24FN3O4/c23-16-5-7-17(8-6-16)24-21(28)18-3-1-2-4-19(18)25-20(27)15-26-11-9-22(10-12-26)29-13-14-30-22/h1-8H,9-15H2,(H,24,28)(H,25,27). The highest BCUT2D eigenvalue weighted by molar-refractivity contribution is 6.10. The van der Waals surface area contributed by atoms with Crippen LogP contribution in [-0.2, 0) is 14.3 Å². The van der Waals surface area contributed by atoms with Crippen LogP contribution < -0.4 is 10.6 Å². The smallest absolute Gasteiger partial charge is 0.257 e. The zero-order valence-electron chi connectivity index (χ0n) is 16.5. The minimum Gasteiger partial charge on any atom is -0.347 e. The summed E-state index contributed by atoms with van der Waals surface area (Å²) in [5.74, 6) is -1.43. The number of hydrogen-bond acceptors (Lipinski definition) is 5. The summed E-state index contributed by atoms with van der Waals surface area (Å²) in [7, 11) is 0. The van der Waals surface area contributed by atoms with Crippen LogP contribution in [-0.4, -0.2) is 55.3 Å². The lowest BCUT2D eigenvalue weighted by Crippen LogP contribution is -2.47. The van der Waals surface area contributed by atoms with E-state index in [1.165, 1.54) is 24.3 Å². The Morgan fingerprint density at radius 1 is 0.967 bits per heavy atom. The van der Waals surface area contributed by atoms with Crippen molar-refractivity contribution in [3.63, 3.8) is 0 Å². The van der Waals surface area contributed by atoms with Gasteiger partial charge in [-0.25, -0.2) is 4.39 Å². The molecule has 0 saturated carbocycles. The lowest BCUT2D eigenvalue weighted by Gasteiger charge is -2.37. The van der Waals surface area contributed by atoms with Crippen LogP contribution >= 0.6 is 0 Å². The van der Waals surface area contributed by atoms with Crippen LogP contribution in [0.4, 0.5) is 15.8 Å². The zero-order valence-corrected chi connectivity index (χ0v) is 16.5. The quantitative estimate of drug-likeness (QED) is 0.788. The molecule has 0 bridgehead atoms. The second-order valence-corrected chi connectivity index (χ2v) is 7.44. The number of nitrogens with zero attached hydrogens (tertiary/aromatic N) is 1. The van der Waals surface area contributed by atoms with Gasteiger partial charge in [-0.05, 0) is 36.4 Å². The number of hydrogen-bond donors (Lipinski definition) is 2. The van der Waals surface area contributed by atoms with Gasteiger partial charge in [-0.1, -0.05) is 12.1 Å². The molecular formula is C22H24FN3O4. The molecule has 2 aliphatic heterocycles. The maximum Gasteiger partial charge on any atom is 0.257 e. The number of nitrogens with one attached hydrogen (secondary N) is 2. The van der Waals surface area contributed by atoms with Crippen molar-refractivity contribution in [2.75, 3.05) is 43.5 Å². The van der Waals surface area contributed by atoms with Crippen LogP contribution in [0, 0.1) is 5.82 Å². The zero-order chi connectivity index (χ0) is 21.0. The largest absolute Gasteiger partial charge is 0.347 e. The van der Waals surface area contributed by atoms with Crippen LogP contribution in [0.25, 0.3) is 0 Å². The molecule has 0 unspecified atom stereocenters. The molecule has 2 heterocycles. The van der Waals surface area contributed by atoms with E-state index < -0.39 is 5.79 Å². The monoisotopic (exact) mass is 413 g/mol. The molecule has 0 aliphatic carbocycles. The fourth-order valence-corrected chi connectivity index (χ4v) is 3.75. The minimum absolute atomic E-state index is 0.193. The van der Waals surface area contributed by atoms with Gasteiger partial charge in [-0.2, -0.15) is 0 Å². The molecule has 4 rings (SSSR count). The lowest BCUT2D eigenvalue weighted by atomic mass is 10.0. The fourth-order valence-electron chi connectivity index (χ4n) is 3.75. The highest BCUT2D eigenvalue weighted by atomic mass is 19.1. The number of likely N-dealkylation sites (tertiary alicyclic amines) is 1. The summed E-state index contributed by atoms with van der Waals surface area (Å²) >= 11 is 0. The van der Waals surface area contributed by atoms with Crippen molar-refractivity contribution >= 4 is 23.2 Å². The number of carbonyl (C=O) groups excluding carboxylic acids is 2. The van der Waals surface area contributed by atoms with Crippen molar-refractivity contribution in [2.45, 2.75) is 18.6 Å². The first-order valence-corrected chi connectivity index (χ1v) is 9.99. The molecule has 2 aliphatic rings. The highest BCUT2D eigenvalue weighted by Gasteiger charge is 2.39. The average molecular weight is 413 g/mol. The SMILES string of the molecule is O=C(CN1CCC2(CC1)OCCO2)Nc1ccccc1C(=O)Nc1ccc(F)cc1. The second-order valence-electron chi connectivity index (χ2n) is 7.44. The predicted molar refractivity (Wildman–Crippen MR) is 110 cm³/mol. The Balaban J connectivity index is 1.34. The Bertz CT molecular complexity index is 903. The first kappa shape index (κ1) is 20.5. The molecule has 2 amide bonds. The van der Waals surface area contributed by atoms with Crippen LogP contribution in [0.1, 0.15) is 23.2 Å². The number of piperidine rings is 1. The summed E-state index contributed by atoms with van der Waals surface area (Å²) in [6, 6.07) is 12.3. The number of amides is 2. The van der Waals surface area contributed by atoms with E-state index in [0.29, 0.717) is 43.2 Å². The van der Waals surface area contributed by atoms with Gasteiger partial charge in [-0.15, -0.1) is 0 Å². The minimum atomic E-state index is -0.474. The molecule has 2 saturated heterocycles. The summed E-state index contributed by atoms with van der Waals surface area (Å²) in [6.45, 7) is 2.89. The molecule has 0 atom stereocenters. The van der Waals surface area contributed by atoms with Gasteiger partial charge in [0.2, 0.25) is 5.91 Å². The van der Waals surface area contributed by atoms with E-state index in [2.05, 4.69) is 10.6 Å².